The number of para-hydroxylation sites is 1. The molecule has 0 spiro atoms. The molecule has 2 aromatic carbocycles. The predicted octanol–water partition coefficient (Wildman–Crippen LogP) is 5.11. The third-order valence-electron chi connectivity index (χ3n) is 4.28. The second-order valence-electron chi connectivity index (χ2n) is 5.87. The molecule has 0 radical (unpaired) electrons. The summed E-state index contributed by atoms with van der Waals surface area (Å²) in [5, 5.41) is 7.04. The summed E-state index contributed by atoms with van der Waals surface area (Å²) < 4.78 is 5.40. The number of benzene rings is 2. The summed E-state index contributed by atoms with van der Waals surface area (Å²) in [5.41, 5.74) is 7.12. The molecule has 6 heteroatoms. The molecule has 27 heavy (non-hydrogen) atoms. The third kappa shape index (κ3) is 4.65. The smallest absolute Gasteiger partial charge is 0.203 e. The number of aromatic nitrogens is 1. The fourth-order valence-electron chi connectivity index (χ4n) is 2.83. The Kier molecular flexibility index (Phi) is 6.44. The lowest BCUT2D eigenvalue weighted by Crippen LogP contribution is -2.21. The third-order valence-corrected chi connectivity index (χ3v) is 5.03. The van der Waals surface area contributed by atoms with Crippen LogP contribution in [0.3, 0.4) is 0 Å². The van der Waals surface area contributed by atoms with Crippen molar-refractivity contribution >= 4 is 28.4 Å². The molecule has 140 valence electrons. The molecule has 0 unspecified atom stereocenters. The highest BCUT2D eigenvalue weighted by molar-refractivity contribution is 7.14. The van der Waals surface area contributed by atoms with Crippen LogP contribution in [0.15, 0.2) is 59.0 Å². The number of hydrazone groups is 1. The first-order valence-electron chi connectivity index (χ1n) is 8.98. The summed E-state index contributed by atoms with van der Waals surface area (Å²) in [5.74, 6) is 0.811. The van der Waals surface area contributed by atoms with Gasteiger partial charge in [-0.3, -0.25) is 5.43 Å². The van der Waals surface area contributed by atoms with Gasteiger partial charge in [-0.1, -0.05) is 24.3 Å². The molecule has 0 saturated heterocycles. The lowest BCUT2D eigenvalue weighted by atomic mass is 10.1. The normalized spacial score (nSPS) is 10.9. The molecule has 1 aromatic heterocycles. The highest BCUT2D eigenvalue weighted by Crippen LogP contribution is 2.31. The molecule has 1 N–H and O–H groups in total. The summed E-state index contributed by atoms with van der Waals surface area (Å²) in [6.07, 6.45) is 1.80. The van der Waals surface area contributed by atoms with Crippen molar-refractivity contribution in [1.29, 1.82) is 0 Å². The van der Waals surface area contributed by atoms with Crippen molar-refractivity contribution in [1.82, 2.24) is 4.98 Å². The van der Waals surface area contributed by atoms with Gasteiger partial charge in [0.25, 0.3) is 0 Å². The van der Waals surface area contributed by atoms with E-state index in [1.165, 1.54) is 17.0 Å². The van der Waals surface area contributed by atoms with Crippen molar-refractivity contribution in [3.63, 3.8) is 0 Å². The van der Waals surface area contributed by atoms with Gasteiger partial charge in [0, 0.05) is 29.7 Å². The number of nitrogens with one attached hydrogen (secondary N) is 1. The maximum atomic E-state index is 5.40. The van der Waals surface area contributed by atoms with Gasteiger partial charge in [0.05, 0.1) is 19.0 Å². The Bertz CT molecular complexity index is 885. The Balaban J connectivity index is 1.64. The molecule has 0 bridgehead atoms. The lowest BCUT2D eigenvalue weighted by Gasteiger charge is -2.20. The molecule has 0 saturated carbocycles. The molecule has 0 atom stereocenters. The Labute approximate surface area is 164 Å². The van der Waals surface area contributed by atoms with Crippen LogP contribution < -0.4 is 15.1 Å². The van der Waals surface area contributed by atoms with Crippen molar-refractivity contribution in [2.24, 2.45) is 5.10 Å². The van der Waals surface area contributed by atoms with Gasteiger partial charge in [-0.25, -0.2) is 4.98 Å². The Hall–Kier alpha value is -2.86. The number of rotatable bonds is 8. The van der Waals surface area contributed by atoms with E-state index in [1.54, 1.807) is 13.3 Å². The van der Waals surface area contributed by atoms with E-state index in [0.717, 1.165) is 40.8 Å². The van der Waals surface area contributed by atoms with E-state index < -0.39 is 0 Å². The first-order valence-corrected chi connectivity index (χ1v) is 9.86. The number of hydrogen-bond acceptors (Lipinski definition) is 6. The van der Waals surface area contributed by atoms with Gasteiger partial charge in [-0.15, -0.1) is 11.3 Å². The largest absolute Gasteiger partial charge is 0.496 e. The van der Waals surface area contributed by atoms with E-state index in [1.807, 2.05) is 29.6 Å². The number of nitrogens with zero attached hydrogens (tertiary/aromatic N) is 3. The van der Waals surface area contributed by atoms with Crippen molar-refractivity contribution in [3.8, 4) is 17.0 Å². The van der Waals surface area contributed by atoms with Crippen LogP contribution in [-0.2, 0) is 0 Å². The quantitative estimate of drug-likeness (QED) is 0.436. The van der Waals surface area contributed by atoms with Crippen LogP contribution in [0.5, 0.6) is 5.75 Å². The molecule has 0 fully saturated rings. The lowest BCUT2D eigenvalue weighted by molar-refractivity contribution is 0.416. The molecule has 5 nitrogen and oxygen atoms in total. The molecule has 0 aliphatic carbocycles. The second kappa shape index (κ2) is 9.19. The van der Waals surface area contributed by atoms with E-state index >= 15 is 0 Å². The fraction of sp³-hybridized carbons (Fsp3) is 0.238. The summed E-state index contributed by atoms with van der Waals surface area (Å²) in [4.78, 5) is 6.90. The van der Waals surface area contributed by atoms with Crippen LogP contribution in [0.1, 0.15) is 19.4 Å². The van der Waals surface area contributed by atoms with Crippen LogP contribution in [0.2, 0.25) is 0 Å². The van der Waals surface area contributed by atoms with Crippen molar-refractivity contribution in [3.05, 3.63) is 59.5 Å². The average Bonchev–Trinajstić information content (AvgIpc) is 3.19. The van der Waals surface area contributed by atoms with E-state index in [2.05, 4.69) is 58.5 Å². The first kappa shape index (κ1) is 18.9. The zero-order chi connectivity index (χ0) is 19.1. The van der Waals surface area contributed by atoms with Crippen molar-refractivity contribution in [2.45, 2.75) is 13.8 Å². The maximum absolute atomic E-state index is 5.40. The van der Waals surface area contributed by atoms with E-state index in [4.69, 9.17) is 4.74 Å². The summed E-state index contributed by atoms with van der Waals surface area (Å²) in [7, 11) is 1.67. The van der Waals surface area contributed by atoms with Crippen LogP contribution in [0.25, 0.3) is 11.3 Å². The number of hydrogen-bond donors (Lipinski definition) is 1. The first-order chi connectivity index (χ1) is 13.2. The molecule has 3 aromatic rings. The zero-order valence-corrected chi connectivity index (χ0v) is 16.7. The van der Waals surface area contributed by atoms with Crippen molar-refractivity contribution < 1.29 is 4.74 Å². The van der Waals surface area contributed by atoms with Gasteiger partial charge < -0.3 is 9.64 Å². The maximum Gasteiger partial charge on any atom is 0.203 e. The van der Waals surface area contributed by atoms with Gasteiger partial charge in [0.15, 0.2) is 0 Å². The number of methoxy groups -OCH3 is 1. The second-order valence-corrected chi connectivity index (χ2v) is 6.73. The molecule has 0 aliphatic rings. The number of thiazole rings is 1. The average molecular weight is 381 g/mol. The molecule has 1 heterocycles. The minimum absolute atomic E-state index is 0.743. The van der Waals surface area contributed by atoms with Gasteiger partial charge in [-0.2, -0.15) is 5.10 Å². The minimum Gasteiger partial charge on any atom is -0.496 e. The van der Waals surface area contributed by atoms with Gasteiger partial charge in [0.2, 0.25) is 5.13 Å². The predicted molar refractivity (Wildman–Crippen MR) is 115 cm³/mol. The van der Waals surface area contributed by atoms with Gasteiger partial charge in [0.1, 0.15) is 5.75 Å². The monoisotopic (exact) mass is 380 g/mol. The number of anilines is 2. The minimum atomic E-state index is 0.743. The Morgan fingerprint density at radius 1 is 1.11 bits per heavy atom. The van der Waals surface area contributed by atoms with Crippen LogP contribution in [0, 0.1) is 0 Å². The zero-order valence-electron chi connectivity index (χ0n) is 15.8. The molecular weight excluding hydrogens is 356 g/mol. The summed E-state index contributed by atoms with van der Waals surface area (Å²) in [6.45, 7) is 6.33. The van der Waals surface area contributed by atoms with Crippen LogP contribution in [-0.4, -0.2) is 31.4 Å². The van der Waals surface area contributed by atoms with E-state index in [-0.39, 0.29) is 0 Å². The van der Waals surface area contributed by atoms with E-state index in [9.17, 15) is 0 Å². The Morgan fingerprint density at radius 2 is 1.85 bits per heavy atom. The SMILES string of the molecule is CCN(CC)c1ccc(/C=N\Nc2nc(-c3ccccc3OC)cs2)cc1. The Morgan fingerprint density at radius 3 is 2.56 bits per heavy atom. The molecule has 0 aliphatic heterocycles. The summed E-state index contributed by atoms with van der Waals surface area (Å²) in [6, 6.07) is 16.2. The van der Waals surface area contributed by atoms with E-state index in [0.29, 0.717) is 0 Å². The van der Waals surface area contributed by atoms with Gasteiger partial charge in [-0.05, 0) is 43.7 Å². The molecular formula is C21H24N4OS. The van der Waals surface area contributed by atoms with Crippen LogP contribution >= 0.6 is 11.3 Å². The standard InChI is InChI=1S/C21H24N4OS/c1-4-25(5-2)17-12-10-16(11-13-17)14-22-24-21-23-19(15-27-21)18-8-6-7-9-20(18)26-3/h6-15H,4-5H2,1-3H3,(H,23,24)/b22-14-. The fourth-order valence-corrected chi connectivity index (χ4v) is 3.49. The molecule has 3 rings (SSSR count). The van der Waals surface area contributed by atoms with Crippen molar-refractivity contribution in [2.75, 3.05) is 30.5 Å². The van der Waals surface area contributed by atoms with Crippen LogP contribution in [0.4, 0.5) is 10.8 Å². The van der Waals surface area contributed by atoms with Gasteiger partial charge >= 0.3 is 0 Å². The topological polar surface area (TPSA) is 49.8 Å². The number of ether oxygens (including phenoxy) is 1. The highest BCUT2D eigenvalue weighted by Gasteiger charge is 2.08. The highest BCUT2D eigenvalue weighted by atomic mass is 32.1. The summed E-state index contributed by atoms with van der Waals surface area (Å²) >= 11 is 1.51. The molecule has 0 amide bonds.